The Labute approximate surface area is 95.5 Å². The minimum absolute atomic E-state index is 0.132. The molecule has 1 heterocycles. The Hall–Kier alpha value is -0.830. The van der Waals surface area contributed by atoms with E-state index in [-0.39, 0.29) is 10.5 Å². The molecule has 15 heavy (non-hydrogen) atoms. The zero-order valence-electron chi connectivity index (χ0n) is 9.70. The molecule has 0 saturated heterocycles. The van der Waals surface area contributed by atoms with E-state index in [1.165, 1.54) is 0 Å². The summed E-state index contributed by atoms with van der Waals surface area (Å²) in [6.45, 7) is 8.28. The van der Waals surface area contributed by atoms with Crippen molar-refractivity contribution >= 4 is 17.5 Å². The van der Waals surface area contributed by atoms with E-state index in [9.17, 15) is 4.79 Å². The zero-order chi connectivity index (χ0) is 11.5. The molecule has 0 spiro atoms. The van der Waals surface area contributed by atoms with Gasteiger partial charge in [-0.15, -0.1) is 11.8 Å². The van der Waals surface area contributed by atoms with Crippen LogP contribution in [-0.2, 0) is 0 Å². The summed E-state index contributed by atoms with van der Waals surface area (Å²) in [5.74, 6) is 0.681. The number of rotatable bonds is 3. The molecule has 0 radical (unpaired) electrons. The zero-order valence-corrected chi connectivity index (χ0v) is 10.5. The molecule has 0 amide bonds. The molecule has 0 aromatic carbocycles. The van der Waals surface area contributed by atoms with E-state index in [1.54, 1.807) is 24.2 Å². The van der Waals surface area contributed by atoms with E-state index in [1.807, 2.05) is 13.0 Å². The molecule has 0 aliphatic carbocycles. The maximum atomic E-state index is 11.8. The fourth-order valence-electron chi connectivity index (χ4n) is 1.07. The summed E-state index contributed by atoms with van der Waals surface area (Å²) in [6, 6.07) is 1.89. The van der Waals surface area contributed by atoms with Gasteiger partial charge in [-0.2, -0.15) is 0 Å². The summed E-state index contributed by atoms with van der Waals surface area (Å²) in [7, 11) is 0. The highest BCUT2D eigenvalue weighted by Crippen LogP contribution is 2.23. The van der Waals surface area contributed by atoms with Gasteiger partial charge < -0.3 is 0 Å². The van der Waals surface area contributed by atoms with Crippen LogP contribution in [0.2, 0.25) is 0 Å². The minimum Gasteiger partial charge on any atom is -0.293 e. The van der Waals surface area contributed by atoms with Gasteiger partial charge in [-0.1, -0.05) is 20.8 Å². The van der Waals surface area contributed by atoms with Gasteiger partial charge in [-0.05, 0) is 18.6 Å². The Morgan fingerprint density at radius 2 is 2.07 bits per heavy atom. The van der Waals surface area contributed by atoms with Crippen molar-refractivity contribution in [3.8, 4) is 0 Å². The van der Waals surface area contributed by atoms with Gasteiger partial charge >= 0.3 is 0 Å². The van der Waals surface area contributed by atoms with Crippen molar-refractivity contribution in [2.45, 2.75) is 32.4 Å². The second kappa shape index (κ2) is 4.79. The number of hydrogen-bond acceptors (Lipinski definition) is 3. The number of carbonyl (C=O) groups is 1. The number of carbonyl (C=O) groups excluding carboxylic acids is 1. The molecule has 1 aromatic rings. The van der Waals surface area contributed by atoms with Crippen LogP contribution in [0, 0.1) is 6.92 Å². The summed E-state index contributed by atoms with van der Waals surface area (Å²) in [4.78, 5) is 15.8. The second-order valence-electron chi connectivity index (χ2n) is 4.58. The van der Waals surface area contributed by atoms with Crippen LogP contribution >= 0.6 is 11.8 Å². The average molecular weight is 223 g/mol. The van der Waals surface area contributed by atoms with Crippen LogP contribution in [0.4, 0.5) is 0 Å². The quantitative estimate of drug-likeness (QED) is 0.737. The average Bonchev–Trinajstić information content (AvgIpc) is 2.13. The highest BCUT2D eigenvalue weighted by molar-refractivity contribution is 8.01. The first-order valence-electron chi connectivity index (χ1n) is 4.97. The number of thioether (sulfide) groups is 1. The SMILES string of the molecule is Cc1cncc(C(=O)CSC(C)(C)C)c1. The van der Waals surface area contributed by atoms with Crippen molar-refractivity contribution in [3.63, 3.8) is 0 Å². The van der Waals surface area contributed by atoms with Crippen LogP contribution < -0.4 is 0 Å². The minimum atomic E-state index is 0.132. The van der Waals surface area contributed by atoms with Gasteiger partial charge in [0.25, 0.3) is 0 Å². The van der Waals surface area contributed by atoms with Gasteiger partial charge in [0.2, 0.25) is 0 Å². The van der Waals surface area contributed by atoms with E-state index in [4.69, 9.17) is 0 Å². The standard InChI is InChI=1S/C12H17NOS/c1-9-5-10(7-13-6-9)11(14)8-15-12(2,3)4/h5-7H,8H2,1-4H3. The lowest BCUT2D eigenvalue weighted by Crippen LogP contribution is -2.13. The molecule has 0 unspecified atom stereocenters. The second-order valence-corrected chi connectivity index (χ2v) is 6.38. The summed E-state index contributed by atoms with van der Waals surface area (Å²) in [5.41, 5.74) is 1.74. The first kappa shape index (κ1) is 12.2. The fourth-order valence-corrected chi connectivity index (χ4v) is 1.80. The third-order valence-corrected chi connectivity index (χ3v) is 3.11. The lowest BCUT2D eigenvalue weighted by Gasteiger charge is -2.16. The highest BCUT2D eigenvalue weighted by atomic mass is 32.2. The molecule has 0 fully saturated rings. The maximum Gasteiger partial charge on any atom is 0.174 e. The van der Waals surface area contributed by atoms with Gasteiger partial charge in [-0.3, -0.25) is 9.78 Å². The van der Waals surface area contributed by atoms with Crippen molar-refractivity contribution in [2.24, 2.45) is 0 Å². The molecular weight excluding hydrogens is 206 g/mol. The third kappa shape index (κ3) is 4.47. The summed E-state index contributed by atoms with van der Waals surface area (Å²) in [6.07, 6.45) is 3.40. The van der Waals surface area contributed by atoms with Crippen LogP contribution in [0.15, 0.2) is 18.5 Å². The molecule has 0 N–H and O–H groups in total. The van der Waals surface area contributed by atoms with E-state index >= 15 is 0 Å². The smallest absolute Gasteiger partial charge is 0.174 e. The topological polar surface area (TPSA) is 30.0 Å². The predicted octanol–water partition coefficient (Wildman–Crippen LogP) is 3.10. The van der Waals surface area contributed by atoms with E-state index in [2.05, 4.69) is 25.8 Å². The molecule has 0 aliphatic heterocycles. The largest absolute Gasteiger partial charge is 0.293 e. The van der Waals surface area contributed by atoms with Crippen molar-refractivity contribution < 1.29 is 4.79 Å². The van der Waals surface area contributed by atoms with Gasteiger partial charge in [-0.25, -0.2) is 0 Å². The Morgan fingerprint density at radius 3 is 2.60 bits per heavy atom. The number of nitrogens with zero attached hydrogens (tertiary/aromatic N) is 1. The predicted molar refractivity (Wildman–Crippen MR) is 65.5 cm³/mol. The van der Waals surface area contributed by atoms with Crippen molar-refractivity contribution in [2.75, 3.05) is 5.75 Å². The van der Waals surface area contributed by atoms with Crippen molar-refractivity contribution in [3.05, 3.63) is 29.6 Å². The Kier molecular flexibility index (Phi) is 3.91. The molecule has 0 saturated carbocycles. The van der Waals surface area contributed by atoms with Gasteiger partial charge in [0, 0.05) is 22.7 Å². The van der Waals surface area contributed by atoms with Crippen LogP contribution in [0.3, 0.4) is 0 Å². The van der Waals surface area contributed by atoms with E-state index in [0.717, 1.165) is 5.56 Å². The van der Waals surface area contributed by atoms with E-state index in [0.29, 0.717) is 11.3 Å². The summed E-state index contributed by atoms with van der Waals surface area (Å²) < 4.78 is 0.132. The lowest BCUT2D eigenvalue weighted by molar-refractivity contribution is 0.102. The van der Waals surface area contributed by atoms with Gasteiger partial charge in [0.1, 0.15) is 0 Å². The van der Waals surface area contributed by atoms with Crippen LogP contribution in [0.5, 0.6) is 0 Å². The molecule has 0 atom stereocenters. The van der Waals surface area contributed by atoms with Crippen LogP contribution in [-0.4, -0.2) is 21.3 Å². The number of aromatic nitrogens is 1. The number of hydrogen-bond donors (Lipinski definition) is 0. The van der Waals surface area contributed by atoms with Crippen LogP contribution in [0.25, 0.3) is 0 Å². The number of pyridine rings is 1. The Morgan fingerprint density at radius 1 is 1.40 bits per heavy atom. The number of Topliss-reactive ketones (excluding diaryl/α,β-unsaturated/α-hetero) is 1. The monoisotopic (exact) mass is 223 g/mol. The fraction of sp³-hybridized carbons (Fsp3) is 0.500. The van der Waals surface area contributed by atoms with E-state index < -0.39 is 0 Å². The van der Waals surface area contributed by atoms with Crippen LogP contribution in [0.1, 0.15) is 36.7 Å². The lowest BCUT2D eigenvalue weighted by atomic mass is 10.2. The first-order valence-corrected chi connectivity index (χ1v) is 5.96. The van der Waals surface area contributed by atoms with Crippen molar-refractivity contribution in [1.29, 1.82) is 0 Å². The molecule has 0 bridgehead atoms. The summed E-state index contributed by atoms with van der Waals surface area (Å²) >= 11 is 1.67. The molecule has 3 heteroatoms. The summed E-state index contributed by atoms with van der Waals surface area (Å²) in [5, 5.41) is 0. The molecule has 82 valence electrons. The number of ketones is 1. The first-order chi connectivity index (χ1) is 6.88. The van der Waals surface area contributed by atoms with Gasteiger partial charge in [0.05, 0.1) is 5.75 Å². The molecule has 1 rings (SSSR count). The molecular formula is C12H17NOS. The number of aryl methyl sites for hydroxylation is 1. The third-order valence-electron chi connectivity index (χ3n) is 1.83. The maximum absolute atomic E-state index is 11.8. The normalized spacial score (nSPS) is 11.5. The van der Waals surface area contributed by atoms with Gasteiger partial charge in [0.15, 0.2) is 5.78 Å². The van der Waals surface area contributed by atoms with Crippen molar-refractivity contribution in [1.82, 2.24) is 4.98 Å². The highest BCUT2D eigenvalue weighted by Gasteiger charge is 2.14. The molecule has 1 aromatic heterocycles. The Bertz CT molecular complexity index is 355. The Balaban J connectivity index is 2.62. The molecule has 0 aliphatic rings. The molecule has 2 nitrogen and oxygen atoms in total.